The molecule has 1 spiro atoms. The normalized spacial score (nSPS) is 33.5. The molecule has 3 aliphatic heterocycles. The number of rotatable bonds is 7. The first kappa shape index (κ1) is 18.1. The third kappa shape index (κ3) is 3.45. The highest BCUT2D eigenvalue weighted by molar-refractivity contribution is 7.88. The van der Waals surface area contributed by atoms with Gasteiger partial charge in [-0.25, -0.2) is 23.1 Å². The van der Waals surface area contributed by atoms with E-state index >= 15 is 0 Å². The summed E-state index contributed by atoms with van der Waals surface area (Å²) in [5.74, 6) is 1.30. The molecular formula is C17H27N5O3S. The van der Waals surface area contributed by atoms with Crippen LogP contribution in [0.2, 0.25) is 0 Å². The molecule has 2 N–H and O–H groups in total. The van der Waals surface area contributed by atoms with Crippen molar-refractivity contribution in [2.45, 2.75) is 38.0 Å². The fourth-order valence-corrected chi connectivity index (χ4v) is 5.37. The number of sulfonamides is 1. The number of anilines is 1. The first-order valence-corrected chi connectivity index (χ1v) is 11.2. The molecule has 0 aromatic carbocycles. The van der Waals surface area contributed by atoms with Gasteiger partial charge in [0.1, 0.15) is 0 Å². The molecular weight excluding hydrogens is 354 g/mol. The van der Waals surface area contributed by atoms with Crippen molar-refractivity contribution in [3.63, 3.8) is 0 Å². The minimum Gasteiger partial charge on any atom is -0.370 e. The number of likely N-dealkylation sites (tertiary alicyclic amines) is 1. The Labute approximate surface area is 154 Å². The van der Waals surface area contributed by atoms with Gasteiger partial charge in [-0.05, 0) is 19.8 Å². The van der Waals surface area contributed by atoms with E-state index in [4.69, 9.17) is 4.74 Å². The number of aromatic nitrogens is 2. The Morgan fingerprint density at radius 2 is 2.15 bits per heavy atom. The van der Waals surface area contributed by atoms with Crippen molar-refractivity contribution in [2.24, 2.45) is 11.8 Å². The van der Waals surface area contributed by atoms with Crippen LogP contribution in [0.1, 0.15) is 25.3 Å². The van der Waals surface area contributed by atoms with E-state index in [2.05, 4.69) is 24.9 Å². The van der Waals surface area contributed by atoms with Gasteiger partial charge < -0.3 is 10.1 Å². The highest BCUT2D eigenvalue weighted by Crippen LogP contribution is 2.54. The zero-order valence-corrected chi connectivity index (χ0v) is 16.1. The Balaban J connectivity index is 1.41. The maximum atomic E-state index is 11.5. The van der Waals surface area contributed by atoms with Crippen LogP contribution in [0.3, 0.4) is 0 Å². The van der Waals surface area contributed by atoms with Crippen molar-refractivity contribution < 1.29 is 13.2 Å². The van der Waals surface area contributed by atoms with E-state index in [1.807, 2.05) is 19.3 Å². The van der Waals surface area contributed by atoms with E-state index in [-0.39, 0.29) is 17.6 Å². The number of nitrogens with one attached hydrogen (secondary N) is 2. The summed E-state index contributed by atoms with van der Waals surface area (Å²) in [7, 11) is -3.17. The van der Waals surface area contributed by atoms with Crippen molar-refractivity contribution in [3.8, 4) is 0 Å². The van der Waals surface area contributed by atoms with Gasteiger partial charge in [0.25, 0.3) is 0 Å². The second-order valence-electron chi connectivity index (χ2n) is 7.77. The maximum Gasteiger partial charge on any atom is 0.222 e. The highest BCUT2D eigenvalue weighted by Gasteiger charge is 2.62. The molecule has 3 saturated heterocycles. The summed E-state index contributed by atoms with van der Waals surface area (Å²) in [5.41, 5.74) is 0.988. The zero-order chi connectivity index (χ0) is 18.4. The Hall–Kier alpha value is -1.29. The van der Waals surface area contributed by atoms with Gasteiger partial charge in [-0.1, -0.05) is 0 Å². The van der Waals surface area contributed by atoms with E-state index in [0.29, 0.717) is 18.4 Å². The third-order valence-corrected chi connectivity index (χ3v) is 6.57. The molecule has 0 saturated carbocycles. The molecule has 0 aliphatic carbocycles. The van der Waals surface area contributed by atoms with Gasteiger partial charge in [0.05, 0.1) is 18.0 Å². The number of hydrogen-bond acceptors (Lipinski definition) is 7. The molecule has 4 atom stereocenters. The Bertz CT molecular complexity index is 756. The first-order chi connectivity index (χ1) is 12.4. The van der Waals surface area contributed by atoms with Crippen molar-refractivity contribution >= 4 is 16.0 Å². The number of hydrogen-bond donors (Lipinski definition) is 2. The van der Waals surface area contributed by atoms with Gasteiger partial charge in [-0.3, -0.25) is 4.90 Å². The second kappa shape index (κ2) is 6.70. The largest absolute Gasteiger partial charge is 0.370 e. The molecule has 144 valence electrons. The van der Waals surface area contributed by atoms with Gasteiger partial charge in [0, 0.05) is 62.5 Å². The van der Waals surface area contributed by atoms with Crippen molar-refractivity contribution in [1.82, 2.24) is 19.6 Å². The van der Waals surface area contributed by atoms with E-state index < -0.39 is 10.0 Å². The summed E-state index contributed by atoms with van der Waals surface area (Å²) in [6.07, 6.45) is 7.26. The number of fused-ring (bicyclic) bond motifs is 1. The summed E-state index contributed by atoms with van der Waals surface area (Å²) in [4.78, 5) is 11.1. The lowest BCUT2D eigenvalue weighted by atomic mass is 9.74. The smallest absolute Gasteiger partial charge is 0.222 e. The van der Waals surface area contributed by atoms with Crippen LogP contribution in [0, 0.1) is 11.8 Å². The second-order valence-corrected chi connectivity index (χ2v) is 9.60. The Morgan fingerprint density at radius 1 is 1.38 bits per heavy atom. The molecule has 0 amide bonds. The number of ether oxygens (including phenoxy) is 1. The lowest BCUT2D eigenvalue weighted by Gasteiger charge is -2.29. The molecule has 1 aromatic rings. The van der Waals surface area contributed by atoms with Gasteiger partial charge in [-0.2, -0.15) is 0 Å². The molecule has 8 nitrogen and oxygen atoms in total. The first-order valence-electron chi connectivity index (χ1n) is 9.28. The van der Waals surface area contributed by atoms with Gasteiger partial charge in [0.15, 0.2) is 0 Å². The fraction of sp³-hybridized carbons (Fsp3) is 0.765. The van der Waals surface area contributed by atoms with Crippen LogP contribution < -0.4 is 10.0 Å². The van der Waals surface area contributed by atoms with Crippen LogP contribution >= 0.6 is 0 Å². The Kier molecular flexibility index (Phi) is 4.66. The van der Waals surface area contributed by atoms with Crippen LogP contribution in [0.25, 0.3) is 0 Å². The predicted molar refractivity (Wildman–Crippen MR) is 98.1 cm³/mol. The van der Waals surface area contributed by atoms with E-state index in [1.165, 1.54) is 6.26 Å². The molecule has 3 aliphatic rings. The van der Waals surface area contributed by atoms with Crippen LogP contribution in [0.4, 0.5) is 5.95 Å². The number of nitrogens with zero attached hydrogens (tertiary/aromatic N) is 3. The predicted octanol–water partition coefficient (Wildman–Crippen LogP) is 0.437. The van der Waals surface area contributed by atoms with Crippen LogP contribution in [0.15, 0.2) is 12.4 Å². The zero-order valence-electron chi connectivity index (χ0n) is 15.3. The molecule has 1 aromatic heterocycles. The van der Waals surface area contributed by atoms with E-state index in [1.54, 1.807) is 0 Å². The summed E-state index contributed by atoms with van der Waals surface area (Å²) in [6.45, 7) is 5.93. The standard InChI is InChI=1S/C17H27N5O3S/c1-3-18-16-19-6-12(7-20-16)9-22-10-14-13(8-21-26(2,23)24)15-4-5-17(14,11-22)25-15/h6-7,13-15,21H,3-5,8-11H2,1-2H3,(H,18,19,20)/t13-,14+,15+,17+/m0/s1. The van der Waals surface area contributed by atoms with Crippen LogP contribution in [-0.4, -0.2) is 67.4 Å². The lowest BCUT2D eigenvalue weighted by molar-refractivity contribution is 0.00218. The van der Waals surface area contributed by atoms with E-state index in [9.17, 15) is 8.42 Å². The average Bonchev–Trinajstić information content (AvgIpc) is 3.22. The molecule has 4 heterocycles. The quantitative estimate of drug-likeness (QED) is 0.707. The molecule has 26 heavy (non-hydrogen) atoms. The molecule has 4 rings (SSSR count). The summed E-state index contributed by atoms with van der Waals surface area (Å²) >= 11 is 0. The molecule has 0 radical (unpaired) electrons. The Morgan fingerprint density at radius 3 is 2.85 bits per heavy atom. The van der Waals surface area contributed by atoms with Gasteiger partial charge in [0.2, 0.25) is 16.0 Å². The third-order valence-electron chi connectivity index (χ3n) is 5.88. The summed E-state index contributed by atoms with van der Waals surface area (Å²) in [6, 6.07) is 0. The molecule has 0 unspecified atom stereocenters. The monoisotopic (exact) mass is 381 g/mol. The molecule has 2 bridgehead atoms. The van der Waals surface area contributed by atoms with Crippen molar-refractivity contribution in [3.05, 3.63) is 18.0 Å². The van der Waals surface area contributed by atoms with Crippen molar-refractivity contribution in [2.75, 3.05) is 37.8 Å². The lowest BCUT2D eigenvalue weighted by Crippen LogP contribution is -2.41. The maximum absolute atomic E-state index is 11.5. The molecule has 9 heteroatoms. The minimum absolute atomic E-state index is 0.0981. The fourth-order valence-electron chi connectivity index (χ4n) is 4.87. The van der Waals surface area contributed by atoms with Gasteiger partial charge in [-0.15, -0.1) is 0 Å². The topological polar surface area (TPSA) is 96.5 Å². The van der Waals surface area contributed by atoms with Crippen molar-refractivity contribution in [1.29, 1.82) is 0 Å². The summed E-state index contributed by atoms with van der Waals surface area (Å²) in [5, 5.41) is 3.10. The minimum atomic E-state index is -3.17. The molecule has 3 fully saturated rings. The summed E-state index contributed by atoms with van der Waals surface area (Å²) < 4.78 is 32.0. The average molecular weight is 382 g/mol. The van der Waals surface area contributed by atoms with E-state index in [0.717, 1.165) is 44.6 Å². The van der Waals surface area contributed by atoms with Crippen LogP contribution in [-0.2, 0) is 21.3 Å². The highest BCUT2D eigenvalue weighted by atomic mass is 32.2. The van der Waals surface area contributed by atoms with Gasteiger partial charge >= 0.3 is 0 Å². The SMILES string of the molecule is CCNc1ncc(CN2C[C@@H]3[C@H](CNS(C)(=O)=O)[C@H]4CC[C@]3(C2)O4)cn1. The van der Waals surface area contributed by atoms with Crippen LogP contribution in [0.5, 0.6) is 0 Å².